The van der Waals surface area contributed by atoms with Crippen LogP contribution in [0.4, 0.5) is 13.2 Å². The van der Waals surface area contributed by atoms with E-state index in [0.717, 1.165) is 17.7 Å². The van der Waals surface area contributed by atoms with Crippen molar-refractivity contribution in [3.8, 4) is 0 Å². The van der Waals surface area contributed by atoms with Crippen molar-refractivity contribution in [2.75, 3.05) is 0 Å². The van der Waals surface area contributed by atoms with Crippen LogP contribution in [-0.2, 0) is 11.0 Å². The first-order chi connectivity index (χ1) is 12.2. The average molecular weight is 365 g/mol. The molecule has 0 aliphatic rings. The number of nitrogens with one attached hydrogen (secondary N) is 1. The number of ketones is 1. The van der Waals surface area contributed by atoms with E-state index in [9.17, 15) is 27.9 Å². The third-order valence-corrected chi connectivity index (χ3v) is 3.97. The molecule has 2 rings (SSSR count). The highest BCUT2D eigenvalue weighted by atomic mass is 19.4. The summed E-state index contributed by atoms with van der Waals surface area (Å²) in [6, 6.07) is 11.6. The lowest BCUT2D eigenvalue weighted by molar-refractivity contribution is -0.139. The van der Waals surface area contributed by atoms with Gasteiger partial charge in [0.15, 0.2) is 5.78 Å². The number of carbonyl (C=O) groups excluding carboxylic acids is 1. The summed E-state index contributed by atoms with van der Waals surface area (Å²) in [4.78, 5) is 23.8. The highest BCUT2D eigenvalue weighted by Gasteiger charge is 2.35. The first kappa shape index (κ1) is 19.7. The van der Waals surface area contributed by atoms with Crippen LogP contribution in [0.15, 0.2) is 54.6 Å². The van der Waals surface area contributed by atoms with Gasteiger partial charge in [-0.1, -0.05) is 48.5 Å². The zero-order valence-electron chi connectivity index (χ0n) is 14.0. The molecule has 0 aromatic heterocycles. The fraction of sp³-hybridized carbons (Fsp3) is 0.263. The molecule has 2 aromatic rings. The maximum Gasteiger partial charge on any atom is 0.417 e. The molecule has 2 aromatic carbocycles. The van der Waals surface area contributed by atoms with Crippen LogP contribution in [0, 0.1) is 0 Å². The molecule has 0 radical (unpaired) electrons. The lowest BCUT2D eigenvalue weighted by Gasteiger charge is -2.21. The summed E-state index contributed by atoms with van der Waals surface area (Å²) in [5, 5.41) is 12.1. The Labute approximate surface area is 148 Å². The Balaban J connectivity index is 2.18. The van der Waals surface area contributed by atoms with E-state index in [1.165, 1.54) is 12.1 Å². The van der Waals surface area contributed by atoms with Crippen molar-refractivity contribution in [1.29, 1.82) is 0 Å². The van der Waals surface area contributed by atoms with Gasteiger partial charge in [0.05, 0.1) is 5.56 Å². The first-order valence-corrected chi connectivity index (χ1v) is 7.93. The molecule has 4 nitrogen and oxygen atoms in total. The van der Waals surface area contributed by atoms with Crippen molar-refractivity contribution >= 4 is 11.8 Å². The monoisotopic (exact) mass is 365 g/mol. The molecule has 0 heterocycles. The number of alkyl halides is 3. The summed E-state index contributed by atoms with van der Waals surface area (Å²) >= 11 is 0. The second-order valence-corrected chi connectivity index (χ2v) is 5.86. The fourth-order valence-electron chi connectivity index (χ4n) is 2.63. The largest absolute Gasteiger partial charge is 0.480 e. The lowest BCUT2D eigenvalue weighted by atomic mass is 9.97. The molecule has 0 saturated carbocycles. The Hall–Kier alpha value is -2.67. The predicted molar refractivity (Wildman–Crippen MR) is 89.8 cm³/mol. The molecule has 0 amide bonds. The van der Waals surface area contributed by atoms with E-state index < -0.39 is 41.5 Å². The summed E-state index contributed by atoms with van der Waals surface area (Å²) in [5.74, 6) is -2.18. The van der Waals surface area contributed by atoms with Crippen molar-refractivity contribution < 1.29 is 27.9 Å². The van der Waals surface area contributed by atoms with Crippen molar-refractivity contribution in [3.63, 3.8) is 0 Å². The Morgan fingerprint density at radius 1 is 1.04 bits per heavy atom. The Bertz CT molecular complexity index is 775. The topological polar surface area (TPSA) is 66.4 Å². The smallest absolute Gasteiger partial charge is 0.417 e. The average Bonchev–Trinajstić information content (AvgIpc) is 2.61. The number of hydrogen-bond acceptors (Lipinski definition) is 3. The SMILES string of the molecule is C[C@H](NC(CC(=O)c1ccccc1C(F)(F)F)C(=O)O)c1ccccc1. The summed E-state index contributed by atoms with van der Waals surface area (Å²) in [5.41, 5.74) is -0.785. The second-order valence-electron chi connectivity index (χ2n) is 5.86. The van der Waals surface area contributed by atoms with Gasteiger partial charge in [0.1, 0.15) is 6.04 Å². The summed E-state index contributed by atoms with van der Waals surface area (Å²) in [6.45, 7) is 1.72. The van der Waals surface area contributed by atoms with Crippen molar-refractivity contribution in [1.82, 2.24) is 5.32 Å². The lowest BCUT2D eigenvalue weighted by Crippen LogP contribution is -2.40. The molecule has 0 saturated heterocycles. The van der Waals surface area contributed by atoms with Crippen molar-refractivity contribution in [2.45, 2.75) is 31.6 Å². The van der Waals surface area contributed by atoms with E-state index >= 15 is 0 Å². The van der Waals surface area contributed by atoms with Gasteiger partial charge in [0.2, 0.25) is 0 Å². The van der Waals surface area contributed by atoms with E-state index in [1.54, 1.807) is 31.2 Å². The number of benzene rings is 2. The highest BCUT2D eigenvalue weighted by molar-refractivity contribution is 6.00. The quantitative estimate of drug-likeness (QED) is 0.726. The predicted octanol–water partition coefficient (Wildman–Crippen LogP) is 4.08. The van der Waals surface area contributed by atoms with Gasteiger partial charge in [0.25, 0.3) is 0 Å². The van der Waals surface area contributed by atoms with Gasteiger partial charge in [-0.05, 0) is 18.6 Å². The summed E-state index contributed by atoms with van der Waals surface area (Å²) in [7, 11) is 0. The second kappa shape index (κ2) is 8.14. The van der Waals surface area contributed by atoms with Crippen LogP contribution in [-0.4, -0.2) is 22.9 Å². The van der Waals surface area contributed by atoms with Crippen LogP contribution < -0.4 is 5.32 Å². The molecule has 7 heteroatoms. The molecular weight excluding hydrogens is 347 g/mol. The Morgan fingerprint density at radius 2 is 1.62 bits per heavy atom. The third kappa shape index (κ3) is 4.92. The van der Waals surface area contributed by atoms with Crippen LogP contribution in [0.2, 0.25) is 0 Å². The van der Waals surface area contributed by atoms with Gasteiger partial charge in [-0.3, -0.25) is 14.9 Å². The summed E-state index contributed by atoms with van der Waals surface area (Å²) in [6.07, 6.45) is -5.27. The van der Waals surface area contributed by atoms with E-state index in [4.69, 9.17) is 0 Å². The molecule has 26 heavy (non-hydrogen) atoms. The molecule has 2 N–H and O–H groups in total. The van der Waals surface area contributed by atoms with Crippen LogP contribution in [0.1, 0.15) is 40.9 Å². The molecule has 1 unspecified atom stereocenters. The minimum absolute atomic E-state index is 0.386. The molecule has 2 atom stereocenters. The molecule has 0 fully saturated rings. The molecular formula is C19H18F3NO3. The molecule has 0 bridgehead atoms. The number of carboxylic acids is 1. The number of carboxylic acid groups (broad SMARTS) is 1. The number of rotatable bonds is 7. The maximum atomic E-state index is 13.1. The van der Waals surface area contributed by atoms with E-state index in [0.29, 0.717) is 0 Å². The third-order valence-electron chi connectivity index (χ3n) is 3.97. The van der Waals surface area contributed by atoms with Crippen LogP contribution in [0.25, 0.3) is 0 Å². The van der Waals surface area contributed by atoms with E-state index in [2.05, 4.69) is 5.32 Å². The normalized spacial score (nSPS) is 13.8. The van der Waals surface area contributed by atoms with Gasteiger partial charge in [0, 0.05) is 18.0 Å². The number of halogens is 3. The number of Topliss-reactive ketones (excluding diaryl/α,β-unsaturated/α-hetero) is 1. The zero-order valence-corrected chi connectivity index (χ0v) is 14.0. The number of hydrogen-bond donors (Lipinski definition) is 2. The molecule has 0 aliphatic heterocycles. The van der Waals surface area contributed by atoms with Crippen LogP contribution in [0.5, 0.6) is 0 Å². The Morgan fingerprint density at radius 3 is 2.19 bits per heavy atom. The molecule has 138 valence electrons. The molecule has 0 aliphatic carbocycles. The van der Waals surface area contributed by atoms with Crippen molar-refractivity contribution in [3.05, 3.63) is 71.3 Å². The van der Waals surface area contributed by atoms with Crippen molar-refractivity contribution in [2.24, 2.45) is 0 Å². The fourth-order valence-corrected chi connectivity index (χ4v) is 2.63. The van der Waals surface area contributed by atoms with Gasteiger partial charge < -0.3 is 5.11 Å². The van der Waals surface area contributed by atoms with Gasteiger partial charge in [-0.25, -0.2) is 0 Å². The maximum absolute atomic E-state index is 13.1. The number of aliphatic carboxylic acids is 1. The van der Waals surface area contributed by atoms with E-state index in [1.807, 2.05) is 6.07 Å². The van der Waals surface area contributed by atoms with Gasteiger partial charge >= 0.3 is 12.1 Å². The first-order valence-electron chi connectivity index (χ1n) is 7.93. The summed E-state index contributed by atoms with van der Waals surface area (Å²) < 4.78 is 39.2. The van der Waals surface area contributed by atoms with Gasteiger partial charge in [-0.2, -0.15) is 13.2 Å². The molecule has 0 spiro atoms. The van der Waals surface area contributed by atoms with E-state index in [-0.39, 0.29) is 6.04 Å². The van der Waals surface area contributed by atoms with Crippen LogP contribution >= 0.6 is 0 Å². The standard InChI is InChI=1S/C19H18F3NO3/c1-12(13-7-3-2-4-8-13)23-16(18(25)26)11-17(24)14-9-5-6-10-15(14)19(20,21)22/h2-10,12,16,23H,11H2,1H3,(H,25,26)/t12-,16?/m0/s1. The number of carbonyl (C=O) groups is 2. The van der Waals surface area contributed by atoms with Gasteiger partial charge in [-0.15, -0.1) is 0 Å². The Kier molecular flexibility index (Phi) is 6.15. The van der Waals surface area contributed by atoms with Crippen LogP contribution in [0.3, 0.4) is 0 Å². The highest BCUT2D eigenvalue weighted by Crippen LogP contribution is 2.32. The zero-order chi connectivity index (χ0) is 19.3. The minimum Gasteiger partial charge on any atom is -0.480 e. The minimum atomic E-state index is -4.68.